The summed E-state index contributed by atoms with van der Waals surface area (Å²) in [5.41, 5.74) is 1.13. The van der Waals surface area contributed by atoms with Crippen LogP contribution in [0.25, 0.3) is 11.3 Å². The Bertz CT molecular complexity index is 734. The summed E-state index contributed by atoms with van der Waals surface area (Å²) in [5.74, 6) is 0.0197. The van der Waals surface area contributed by atoms with Crippen molar-refractivity contribution in [3.8, 4) is 11.3 Å². The van der Waals surface area contributed by atoms with Crippen LogP contribution in [0.1, 0.15) is 24.6 Å². The Kier molecular flexibility index (Phi) is 4.92. The normalized spacial score (nSPS) is 18.7. The highest BCUT2D eigenvalue weighted by molar-refractivity contribution is 8.13. The van der Waals surface area contributed by atoms with E-state index < -0.39 is 0 Å². The molecule has 1 fully saturated rings. The number of aliphatic imine (C=N–C) groups is 1. The molecule has 2 heterocycles. The number of hydrogen-bond donors (Lipinski definition) is 0. The summed E-state index contributed by atoms with van der Waals surface area (Å²) in [7, 11) is 1.79. The number of likely N-dealkylation sites (tertiary alicyclic amines) is 1. The predicted octanol–water partition coefficient (Wildman–Crippen LogP) is 4.62. The Morgan fingerprint density at radius 3 is 3.04 bits per heavy atom. The van der Waals surface area contributed by atoms with E-state index in [2.05, 4.69) is 15.0 Å². The molecule has 7 heteroatoms. The van der Waals surface area contributed by atoms with Crippen molar-refractivity contribution in [2.45, 2.75) is 18.9 Å². The van der Waals surface area contributed by atoms with Crippen LogP contribution in [0.5, 0.6) is 0 Å². The third-order valence-electron chi connectivity index (χ3n) is 3.94. The first-order valence-electron chi connectivity index (χ1n) is 7.33. The SMILES string of the molecule is C/N=C(\SC)N1CCC[C@@H]1c1cc(-c2cc(Cl)ccc2F)on1. The molecule has 0 N–H and O–H groups in total. The molecule has 2 aromatic rings. The highest BCUT2D eigenvalue weighted by Crippen LogP contribution is 2.36. The van der Waals surface area contributed by atoms with Gasteiger partial charge in [-0.2, -0.15) is 0 Å². The summed E-state index contributed by atoms with van der Waals surface area (Å²) in [4.78, 5) is 6.55. The van der Waals surface area contributed by atoms with Crippen LogP contribution >= 0.6 is 23.4 Å². The monoisotopic (exact) mass is 353 g/mol. The fraction of sp³-hybridized carbons (Fsp3) is 0.375. The molecule has 1 aromatic heterocycles. The molecule has 0 radical (unpaired) electrons. The largest absolute Gasteiger partial charge is 0.356 e. The molecule has 1 aromatic carbocycles. The van der Waals surface area contributed by atoms with E-state index in [-0.39, 0.29) is 11.9 Å². The number of hydrogen-bond acceptors (Lipinski definition) is 4. The van der Waals surface area contributed by atoms with Crippen molar-refractivity contribution in [3.05, 3.63) is 40.8 Å². The van der Waals surface area contributed by atoms with Gasteiger partial charge in [0.25, 0.3) is 0 Å². The van der Waals surface area contributed by atoms with Gasteiger partial charge in [0, 0.05) is 24.7 Å². The molecule has 23 heavy (non-hydrogen) atoms. The first-order chi connectivity index (χ1) is 11.1. The van der Waals surface area contributed by atoms with Gasteiger partial charge < -0.3 is 9.42 Å². The average molecular weight is 354 g/mol. The molecule has 1 atom stereocenters. The topological polar surface area (TPSA) is 41.6 Å². The molecule has 0 bridgehead atoms. The minimum atomic E-state index is -0.375. The Morgan fingerprint density at radius 1 is 1.48 bits per heavy atom. The lowest BCUT2D eigenvalue weighted by Gasteiger charge is -2.24. The third-order valence-corrected chi connectivity index (χ3v) is 4.95. The van der Waals surface area contributed by atoms with Gasteiger partial charge in [0.15, 0.2) is 10.9 Å². The fourth-order valence-corrected chi connectivity index (χ4v) is 3.71. The second kappa shape index (κ2) is 6.93. The van der Waals surface area contributed by atoms with Crippen LogP contribution in [0.4, 0.5) is 4.39 Å². The van der Waals surface area contributed by atoms with Crippen LogP contribution in [0, 0.1) is 5.82 Å². The van der Waals surface area contributed by atoms with Crippen LogP contribution < -0.4 is 0 Å². The summed E-state index contributed by atoms with van der Waals surface area (Å²) in [6.45, 7) is 0.936. The number of nitrogens with zero attached hydrogens (tertiary/aromatic N) is 3. The van der Waals surface area contributed by atoms with Gasteiger partial charge in [0.05, 0.1) is 11.6 Å². The van der Waals surface area contributed by atoms with Gasteiger partial charge >= 0.3 is 0 Å². The summed E-state index contributed by atoms with van der Waals surface area (Å²) in [5, 5.41) is 5.60. The standard InChI is InChI=1S/C16H17ClFN3OS/c1-19-16(23-2)21-7-3-4-14(21)13-9-15(22-20-13)11-8-10(17)5-6-12(11)18/h5-6,8-9,14H,3-4,7H2,1-2H3/b19-16-/t14-/m1/s1. The molecular formula is C16H17ClFN3OS. The number of benzene rings is 1. The smallest absolute Gasteiger partial charge is 0.170 e. The zero-order chi connectivity index (χ0) is 16.4. The van der Waals surface area contributed by atoms with Crippen molar-refractivity contribution >= 4 is 28.5 Å². The zero-order valence-electron chi connectivity index (χ0n) is 12.9. The first kappa shape index (κ1) is 16.3. The number of aromatic nitrogens is 1. The quantitative estimate of drug-likeness (QED) is 0.583. The molecular weight excluding hydrogens is 337 g/mol. The molecule has 0 saturated carbocycles. The van der Waals surface area contributed by atoms with Crippen LogP contribution in [-0.2, 0) is 0 Å². The van der Waals surface area contributed by atoms with Gasteiger partial charge in [-0.3, -0.25) is 4.99 Å². The minimum Gasteiger partial charge on any atom is -0.356 e. The van der Waals surface area contributed by atoms with E-state index in [1.165, 1.54) is 12.1 Å². The molecule has 4 nitrogen and oxygen atoms in total. The van der Waals surface area contributed by atoms with Crippen molar-refractivity contribution in [2.75, 3.05) is 19.8 Å². The van der Waals surface area contributed by atoms with Gasteiger partial charge in [-0.25, -0.2) is 4.39 Å². The van der Waals surface area contributed by atoms with E-state index in [1.54, 1.807) is 30.9 Å². The average Bonchev–Trinajstić information content (AvgIpc) is 3.20. The number of halogens is 2. The fourth-order valence-electron chi connectivity index (χ4n) is 2.90. The van der Waals surface area contributed by atoms with E-state index in [1.807, 2.05) is 6.26 Å². The minimum absolute atomic E-state index is 0.112. The van der Waals surface area contributed by atoms with Crippen LogP contribution in [0.2, 0.25) is 5.02 Å². The van der Waals surface area contributed by atoms with Gasteiger partial charge in [-0.1, -0.05) is 28.5 Å². The number of rotatable bonds is 2. The summed E-state index contributed by atoms with van der Waals surface area (Å²) in [6, 6.07) is 6.30. The summed E-state index contributed by atoms with van der Waals surface area (Å²) in [6.07, 6.45) is 4.05. The second-order valence-electron chi connectivity index (χ2n) is 5.30. The predicted molar refractivity (Wildman–Crippen MR) is 92.5 cm³/mol. The van der Waals surface area contributed by atoms with Crippen molar-refractivity contribution in [1.29, 1.82) is 0 Å². The molecule has 0 amide bonds. The van der Waals surface area contributed by atoms with Crippen LogP contribution in [0.15, 0.2) is 33.8 Å². The molecule has 0 spiro atoms. The molecule has 1 aliphatic rings. The number of amidine groups is 1. The van der Waals surface area contributed by atoms with E-state index in [9.17, 15) is 4.39 Å². The maximum Gasteiger partial charge on any atom is 0.170 e. The number of thioether (sulfide) groups is 1. The van der Waals surface area contributed by atoms with Gasteiger partial charge in [0.2, 0.25) is 0 Å². The van der Waals surface area contributed by atoms with Crippen molar-refractivity contribution in [2.24, 2.45) is 4.99 Å². The van der Waals surface area contributed by atoms with E-state index in [0.29, 0.717) is 16.3 Å². The molecule has 3 rings (SSSR count). The molecule has 0 unspecified atom stereocenters. The Balaban J connectivity index is 1.91. The van der Waals surface area contributed by atoms with E-state index in [4.69, 9.17) is 16.1 Å². The van der Waals surface area contributed by atoms with Gasteiger partial charge in [-0.15, -0.1) is 0 Å². The lowest BCUT2D eigenvalue weighted by Crippen LogP contribution is -2.28. The Morgan fingerprint density at radius 2 is 2.30 bits per heavy atom. The molecule has 1 saturated heterocycles. The Hall–Kier alpha value is -1.53. The van der Waals surface area contributed by atoms with Crippen LogP contribution in [0.3, 0.4) is 0 Å². The molecule has 1 aliphatic heterocycles. The van der Waals surface area contributed by atoms with Crippen molar-refractivity contribution in [3.63, 3.8) is 0 Å². The van der Waals surface area contributed by atoms with Gasteiger partial charge in [0.1, 0.15) is 11.5 Å². The van der Waals surface area contributed by atoms with Crippen molar-refractivity contribution < 1.29 is 8.91 Å². The van der Waals surface area contributed by atoms with Crippen molar-refractivity contribution in [1.82, 2.24) is 10.1 Å². The molecule has 0 aliphatic carbocycles. The maximum absolute atomic E-state index is 14.0. The molecule has 122 valence electrons. The van der Waals surface area contributed by atoms with Crippen LogP contribution in [-0.4, -0.2) is 35.1 Å². The van der Waals surface area contributed by atoms with E-state index in [0.717, 1.165) is 30.2 Å². The summed E-state index contributed by atoms with van der Waals surface area (Å²) >= 11 is 7.56. The summed E-state index contributed by atoms with van der Waals surface area (Å²) < 4.78 is 19.3. The lowest BCUT2D eigenvalue weighted by atomic mass is 10.1. The highest BCUT2D eigenvalue weighted by atomic mass is 35.5. The highest BCUT2D eigenvalue weighted by Gasteiger charge is 2.31. The zero-order valence-corrected chi connectivity index (χ0v) is 14.5. The third kappa shape index (κ3) is 3.23. The van der Waals surface area contributed by atoms with Gasteiger partial charge in [-0.05, 0) is 37.3 Å². The Labute approximate surface area is 143 Å². The maximum atomic E-state index is 14.0. The first-order valence-corrected chi connectivity index (χ1v) is 8.93. The second-order valence-corrected chi connectivity index (χ2v) is 6.51. The van der Waals surface area contributed by atoms with E-state index >= 15 is 0 Å². The lowest BCUT2D eigenvalue weighted by molar-refractivity contribution is 0.362.